The Morgan fingerprint density at radius 1 is 1.25 bits per heavy atom. The van der Waals surface area contributed by atoms with E-state index >= 15 is 0 Å². The topological polar surface area (TPSA) is 49.3 Å². The molecule has 3 nitrogen and oxygen atoms in total. The number of nitrogens with one attached hydrogen (secondary N) is 1. The molecule has 0 unspecified atom stereocenters. The lowest BCUT2D eigenvalue weighted by Gasteiger charge is -2.22. The smallest absolute Gasteiger partial charge is 0.220 e. The van der Waals surface area contributed by atoms with E-state index < -0.39 is 17.2 Å². The van der Waals surface area contributed by atoms with Gasteiger partial charge in [-0.2, -0.15) is 0 Å². The van der Waals surface area contributed by atoms with Crippen LogP contribution < -0.4 is 5.32 Å². The fourth-order valence-electron chi connectivity index (χ4n) is 2.51. The van der Waals surface area contributed by atoms with Gasteiger partial charge in [0.1, 0.15) is 0 Å². The van der Waals surface area contributed by atoms with E-state index in [0.717, 1.165) is 37.8 Å². The van der Waals surface area contributed by atoms with E-state index in [9.17, 15) is 18.7 Å². The van der Waals surface area contributed by atoms with Crippen LogP contribution in [0.5, 0.6) is 0 Å². The zero-order valence-corrected chi connectivity index (χ0v) is 11.3. The Morgan fingerprint density at radius 2 is 1.95 bits per heavy atom. The number of aliphatic hydroxyl groups is 1. The molecule has 0 heterocycles. The first-order chi connectivity index (χ1) is 9.48. The summed E-state index contributed by atoms with van der Waals surface area (Å²) in [6, 6.07) is 3.63. The van der Waals surface area contributed by atoms with Crippen molar-refractivity contribution in [2.75, 3.05) is 6.54 Å². The predicted octanol–water partition coefficient (Wildman–Crippen LogP) is 2.32. The number of carbonyl (C=O) groups excluding carboxylic acids is 1. The van der Waals surface area contributed by atoms with E-state index in [1.54, 1.807) is 0 Å². The molecule has 1 amide bonds. The van der Waals surface area contributed by atoms with E-state index in [4.69, 9.17) is 0 Å². The molecule has 110 valence electrons. The van der Waals surface area contributed by atoms with Gasteiger partial charge in [0.2, 0.25) is 5.91 Å². The molecule has 2 rings (SSSR count). The fraction of sp³-hybridized carbons (Fsp3) is 0.533. The highest BCUT2D eigenvalue weighted by Crippen LogP contribution is 2.28. The maximum absolute atomic E-state index is 13.0. The van der Waals surface area contributed by atoms with Gasteiger partial charge in [0, 0.05) is 13.0 Å². The standard InChI is InChI=1S/C15H19F2NO2/c16-12-5-3-11(9-13(12)17)4-6-14(19)18-10-15(20)7-1-2-8-15/h3,5,9,20H,1-2,4,6-8,10H2,(H,18,19). The van der Waals surface area contributed by atoms with Gasteiger partial charge in [0.05, 0.1) is 5.60 Å². The largest absolute Gasteiger partial charge is 0.388 e. The first kappa shape index (κ1) is 14.9. The van der Waals surface area contributed by atoms with Gasteiger partial charge >= 0.3 is 0 Å². The van der Waals surface area contributed by atoms with Crippen molar-refractivity contribution >= 4 is 5.91 Å². The SMILES string of the molecule is O=C(CCc1ccc(F)c(F)c1)NCC1(O)CCCC1. The van der Waals surface area contributed by atoms with Crippen LogP contribution in [0.15, 0.2) is 18.2 Å². The van der Waals surface area contributed by atoms with Gasteiger partial charge in [-0.1, -0.05) is 18.9 Å². The molecule has 0 saturated heterocycles. The van der Waals surface area contributed by atoms with Crippen LogP contribution in [-0.4, -0.2) is 23.2 Å². The number of rotatable bonds is 5. The number of benzene rings is 1. The molecular formula is C15H19F2NO2. The van der Waals surface area contributed by atoms with Crippen LogP contribution in [0.2, 0.25) is 0 Å². The molecule has 0 bridgehead atoms. The molecule has 0 aliphatic heterocycles. The van der Waals surface area contributed by atoms with Crippen LogP contribution in [0.25, 0.3) is 0 Å². The third kappa shape index (κ3) is 4.00. The summed E-state index contributed by atoms with van der Waals surface area (Å²) in [4.78, 5) is 11.7. The summed E-state index contributed by atoms with van der Waals surface area (Å²) in [6.45, 7) is 0.267. The fourth-order valence-corrected chi connectivity index (χ4v) is 2.51. The van der Waals surface area contributed by atoms with Crippen molar-refractivity contribution in [3.63, 3.8) is 0 Å². The van der Waals surface area contributed by atoms with E-state index in [0.29, 0.717) is 12.0 Å². The molecule has 1 aromatic rings. The Balaban J connectivity index is 1.76. The predicted molar refractivity (Wildman–Crippen MR) is 71.1 cm³/mol. The van der Waals surface area contributed by atoms with Gasteiger partial charge in [0.15, 0.2) is 11.6 Å². The van der Waals surface area contributed by atoms with Crippen LogP contribution in [0.3, 0.4) is 0 Å². The lowest BCUT2D eigenvalue weighted by atomic mass is 10.0. The molecule has 20 heavy (non-hydrogen) atoms. The van der Waals surface area contributed by atoms with Gasteiger partial charge in [-0.15, -0.1) is 0 Å². The second kappa shape index (κ2) is 6.31. The molecular weight excluding hydrogens is 264 g/mol. The van der Waals surface area contributed by atoms with Gasteiger partial charge in [0.25, 0.3) is 0 Å². The first-order valence-corrected chi connectivity index (χ1v) is 6.92. The summed E-state index contributed by atoms with van der Waals surface area (Å²) in [5.74, 6) is -1.97. The first-order valence-electron chi connectivity index (χ1n) is 6.92. The Bertz CT molecular complexity index is 485. The average Bonchev–Trinajstić information content (AvgIpc) is 2.85. The number of aryl methyl sites for hydroxylation is 1. The van der Waals surface area contributed by atoms with E-state index in [1.165, 1.54) is 6.07 Å². The molecule has 1 aromatic carbocycles. The molecule has 5 heteroatoms. The van der Waals surface area contributed by atoms with Crippen LogP contribution in [-0.2, 0) is 11.2 Å². The number of carbonyl (C=O) groups is 1. The monoisotopic (exact) mass is 283 g/mol. The van der Waals surface area contributed by atoms with Crippen LogP contribution in [0.4, 0.5) is 8.78 Å². The molecule has 2 N–H and O–H groups in total. The minimum atomic E-state index is -0.900. The minimum Gasteiger partial charge on any atom is -0.388 e. The van der Waals surface area contributed by atoms with Crippen molar-refractivity contribution in [1.82, 2.24) is 5.32 Å². The molecule has 1 aliphatic carbocycles. The summed E-state index contributed by atoms with van der Waals surface area (Å²) < 4.78 is 25.7. The number of hydrogen-bond acceptors (Lipinski definition) is 2. The molecule has 1 aliphatic rings. The summed E-state index contributed by atoms with van der Waals surface area (Å²) in [6.07, 6.45) is 3.96. The molecule has 0 aromatic heterocycles. The van der Waals surface area contributed by atoms with Crippen LogP contribution >= 0.6 is 0 Å². The van der Waals surface area contributed by atoms with E-state index in [-0.39, 0.29) is 18.9 Å². The summed E-state index contributed by atoms with van der Waals surface area (Å²) in [5.41, 5.74) is -0.184. The van der Waals surface area contributed by atoms with Gasteiger partial charge in [-0.3, -0.25) is 4.79 Å². The third-order valence-electron chi connectivity index (χ3n) is 3.77. The average molecular weight is 283 g/mol. The summed E-state index contributed by atoms with van der Waals surface area (Å²) in [7, 11) is 0. The van der Waals surface area contributed by atoms with E-state index in [1.807, 2.05) is 0 Å². The van der Waals surface area contributed by atoms with Crippen molar-refractivity contribution < 1.29 is 18.7 Å². The lowest BCUT2D eigenvalue weighted by Crippen LogP contribution is -2.40. The summed E-state index contributed by atoms with van der Waals surface area (Å²) >= 11 is 0. The molecule has 0 radical (unpaired) electrons. The van der Waals surface area contributed by atoms with Crippen molar-refractivity contribution in [2.45, 2.75) is 44.1 Å². The molecule has 1 saturated carbocycles. The molecule has 0 spiro atoms. The van der Waals surface area contributed by atoms with Gasteiger partial charge in [-0.05, 0) is 37.0 Å². The normalized spacial score (nSPS) is 17.1. The highest BCUT2D eigenvalue weighted by Gasteiger charge is 2.31. The lowest BCUT2D eigenvalue weighted by molar-refractivity contribution is -0.122. The van der Waals surface area contributed by atoms with Crippen LogP contribution in [0.1, 0.15) is 37.7 Å². The second-order valence-electron chi connectivity index (χ2n) is 5.46. The maximum atomic E-state index is 13.0. The highest BCUT2D eigenvalue weighted by molar-refractivity contribution is 5.76. The minimum absolute atomic E-state index is 0.185. The Hall–Kier alpha value is -1.49. The summed E-state index contributed by atoms with van der Waals surface area (Å²) in [5, 5.41) is 12.8. The third-order valence-corrected chi connectivity index (χ3v) is 3.77. The zero-order valence-electron chi connectivity index (χ0n) is 11.3. The Kier molecular flexibility index (Phi) is 4.70. The number of amides is 1. The number of hydrogen-bond donors (Lipinski definition) is 2. The van der Waals surface area contributed by atoms with Gasteiger partial charge < -0.3 is 10.4 Å². The van der Waals surface area contributed by atoms with Gasteiger partial charge in [-0.25, -0.2) is 8.78 Å². The van der Waals surface area contributed by atoms with Crippen LogP contribution in [0, 0.1) is 11.6 Å². The van der Waals surface area contributed by atoms with Crippen molar-refractivity contribution in [3.05, 3.63) is 35.4 Å². The van der Waals surface area contributed by atoms with Crippen molar-refractivity contribution in [3.8, 4) is 0 Å². The maximum Gasteiger partial charge on any atom is 0.220 e. The second-order valence-corrected chi connectivity index (χ2v) is 5.46. The highest BCUT2D eigenvalue weighted by atomic mass is 19.2. The van der Waals surface area contributed by atoms with E-state index in [2.05, 4.69) is 5.32 Å². The molecule has 1 fully saturated rings. The zero-order chi connectivity index (χ0) is 14.6. The Morgan fingerprint density at radius 3 is 2.60 bits per heavy atom. The number of halogens is 2. The van der Waals surface area contributed by atoms with Crippen molar-refractivity contribution in [1.29, 1.82) is 0 Å². The Labute approximate surface area is 117 Å². The molecule has 0 atom stereocenters. The van der Waals surface area contributed by atoms with Crippen molar-refractivity contribution in [2.24, 2.45) is 0 Å². The quantitative estimate of drug-likeness (QED) is 0.871.